The number of benzene rings is 2. The van der Waals surface area contributed by atoms with Gasteiger partial charge in [0.05, 0.1) is 17.1 Å². The van der Waals surface area contributed by atoms with Crippen molar-refractivity contribution in [3.05, 3.63) is 88.5 Å². The van der Waals surface area contributed by atoms with Crippen molar-refractivity contribution in [3.8, 4) is 0 Å². The minimum Gasteiger partial charge on any atom is -0.300 e. The topological polar surface area (TPSA) is 63.4 Å². The first-order valence-electron chi connectivity index (χ1n) is 9.22. The number of rotatable bonds is 4. The van der Waals surface area contributed by atoms with Crippen molar-refractivity contribution in [1.82, 2.24) is 19.8 Å². The van der Waals surface area contributed by atoms with Gasteiger partial charge in [0.25, 0.3) is 5.91 Å². The molecule has 6 nitrogen and oxygen atoms in total. The minimum atomic E-state index is -0.0690. The van der Waals surface area contributed by atoms with E-state index in [0.717, 1.165) is 22.2 Å². The molecule has 29 heavy (non-hydrogen) atoms. The fourth-order valence-electron chi connectivity index (χ4n) is 3.44. The fraction of sp³-hybridized carbons (Fsp3) is 0.0909. The molecule has 0 unspecified atom stereocenters. The van der Waals surface area contributed by atoms with Gasteiger partial charge in [-0.25, -0.2) is 0 Å². The molecular formula is C22H17N5OS. The predicted octanol–water partition coefficient (Wildman–Crippen LogP) is 4.49. The molecule has 0 radical (unpaired) electrons. The van der Waals surface area contributed by atoms with Crippen LogP contribution in [0.1, 0.15) is 21.2 Å². The van der Waals surface area contributed by atoms with Crippen LogP contribution < -0.4 is 4.90 Å². The van der Waals surface area contributed by atoms with Gasteiger partial charge in [0.2, 0.25) is 0 Å². The third-order valence-corrected chi connectivity index (χ3v) is 5.72. The van der Waals surface area contributed by atoms with Gasteiger partial charge in [-0.2, -0.15) is 9.61 Å². The van der Waals surface area contributed by atoms with Crippen molar-refractivity contribution in [2.24, 2.45) is 0 Å². The summed E-state index contributed by atoms with van der Waals surface area (Å²) in [6, 6.07) is 21.3. The second-order valence-electron chi connectivity index (χ2n) is 6.69. The predicted molar refractivity (Wildman–Crippen MR) is 114 cm³/mol. The van der Waals surface area contributed by atoms with Crippen LogP contribution in [-0.4, -0.2) is 25.7 Å². The Morgan fingerprint density at radius 1 is 0.966 bits per heavy atom. The number of anilines is 1. The number of aryl methyl sites for hydroxylation is 1. The van der Waals surface area contributed by atoms with Gasteiger partial charge in [-0.3, -0.25) is 9.69 Å². The molecule has 2 aromatic carbocycles. The molecule has 3 aromatic heterocycles. The van der Waals surface area contributed by atoms with Crippen LogP contribution in [-0.2, 0) is 6.54 Å². The maximum atomic E-state index is 13.2. The first kappa shape index (κ1) is 17.5. The highest BCUT2D eigenvalue weighted by atomic mass is 32.1. The summed E-state index contributed by atoms with van der Waals surface area (Å²) in [6.07, 6.45) is 0. The number of fused-ring (bicyclic) bond motifs is 3. The zero-order valence-corrected chi connectivity index (χ0v) is 16.5. The second-order valence-corrected chi connectivity index (χ2v) is 7.63. The third-order valence-electron chi connectivity index (χ3n) is 4.86. The van der Waals surface area contributed by atoms with Crippen LogP contribution in [0.15, 0.2) is 72.1 Å². The van der Waals surface area contributed by atoms with E-state index >= 15 is 0 Å². The average Bonchev–Trinajstić information content (AvgIpc) is 3.43. The molecule has 0 aliphatic heterocycles. The van der Waals surface area contributed by atoms with Crippen LogP contribution in [0.2, 0.25) is 0 Å². The Morgan fingerprint density at radius 3 is 2.48 bits per heavy atom. The van der Waals surface area contributed by atoms with Crippen molar-refractivity contribution >= 4 is 39.4 Å². The smallest absolute Gasteiger partial charge is 0.268 e. The Hall–Kier alpha value is -3.58. The van der Waals surface area contributed by atoms with Crippen molar-refractivity contribution < 1.29 is 4.79 Å². The lowest BCUT2D eigenvalue weighted by atomic mass is 10.1. The highest BCUT2D eigenvalue weighted by Crippen LogP contribution is 2.24. The number of nitrogens with zero attached hydrogens (tertiary/aromatic N) is 5. The molecule has 0 spiro atoms. The molecule has 142 valence electrons. The minimum absolute atomic E-state index is 0.0690. The van der Waals surface area contributed by atoms with Gasteiger partial charge in [0.1, 0.15) is 0 Å². The number of hydrogen-bond donors (Lipinski definition) is 0. The van der Waals surface area contributed by atoms with Gasteiger partial charge in [-0.1, -0.05) is 48.5 Å². The maximum Gasteiger partial charge on any atom is 0.268 e. The summed E-state index contributed by atoms with van der Waals surface area (Å²) >= 11 is 1.42. The summed E-state index contributed by atoms with van der Waals surface area (Å²) in [7, 11) is 0. The van der Waals surface area contributed by atoms with Gasteiger partial charge in [0, 0.05) is 16.5 Å². The zero-order valence-electron chi connectivity index (χ0n) is 15.7. The zero-order chi connectivity index (χ0) is 19.8. The van der Waals surface area contributed by atoms with Crippen LogP contribution >= 0.6 is 11.3 Å². The molecule has 5 rings (SSSR count). The van der Waals surface area contributed by atoms with E-state index in [0.29, 0.717) is 16.3 Å². The first-order valence-corrected chi connectivity index (χ1v) is 10.1. The van der Waals surface area contributed by atoms with Crippen molar-refractivity contribution in [1.29, 1.82) is 0 Å². The Labute approximate surface area is 171 Å². The third kappa shape index (κ3) is 3.05. The Kier molecular flexibility index (Phi) is 4.29. The van der Waals surface area contributed by atoms with Gasteiger partial charge in [-0.05, 0) is 30.5 Å². The van der Waals surface area contributed by atoms with Gasteiger partial charge in [0.15, 0.2) is 11.5 Å². The molecule has 5 aromatic rings. The summed E-state index contributed by atoms with van der Waals surface area (Å²) in [5, 5.41) is 17.4. The summed E-state index contributed by atoms with van der Waals surface area (Å²) < 4.78 is 1.75. The van der Waals surface area contributed by atoms with E-state index in [1.54, 1.807) is 9.42 Å². The van der Waals surface area contributed by atoms with Crippen LogP contribution in [0, 0.1) is 6.92 Å². The maximum absolute atomic E-state index is 13.2. The van der Waals surface area contributed by atoms with Crippen molar-refractivity contribution in [2.75, 3.05) is 4.90 Å². The van der Waals surface area contributed by atoms with E-state index in [9.17, 15) is 4.79 Å². The molecule has 7 heteroatoms. The number of hydrogen-bond acceptors (Lipinski definition) is 5. The SMILES string of the molecule is Cc1nn2c(CN(C(=O)c3cccs3)c3ccccc3)nnc2c2ccccc12. The average molecular weight is 399 g/mol. The van der Waals surface area contributed by atoms with Gasteiger partial charge in [-0.15, -0.1) is 21.5 Å². The Morgan fingerprint density at radius 2 is 1.72 bits per heavy atom. The highest BCUT2D eigenvalue weighted by molar-refractivity contribution is 7.12. The lowest BCUT2D eigenvalue weighted by Crippen LogP contribution is -2.30. The Balaban J connectivity index is 1.62. The first-order chi connectivity index (χ1) is 14.2. The summed E-state index contributed by atoms with van der Waals surface area (Å²) in [4.78, 5) is 15.6. The normalized spacial score (nSPS) is 11.2. The van der Waals surface area contributed by atoms with E-state index in [4.69, 9.17) is 0 Å². The molecule has 1 amide bonds. The molecule has 0 fully saturated rings. The number of carbonyl (C=O) groups excluding carboxylic acids is 1. The van der Waals surface area contributed by atoms with Crippen LogP contribution in [0.25, 0.3) is 16.4 Å². The van der Waals surface area contributed by atoms with Crippen LogP contribution in [0.4, 0.5) is 5.69 Å². The quantitative estimate of drug-likeness (QED) is 0.447. The van der Waals surface area contributed by atoms with Crippen molar-refractivity contribution in [2.45, 2.75) is 13.5 Å². The number of amides is 1. The van der Waals surface area contributed by atoms with Gasteiger partial charge >= 0.3 is 0 Å². The molecular weight excluding hydrogens is 382 g/mol. The molecule has 0 aliphatic carbocycles. The molecule has 0 saturated carbocycles. The number of thiophene rings is 1. The van der Waals surface area contributed by atoms with E-state index in [1.807, 2.05) is 79.0 Å². The highest BCUT2D eigenvalue weighted by Gasteiger charge is 2.22. The van der Waals surface area contributed by atoms with Crippen LogP contribution in [0.3, 0.4) is 0 Å². The van der Waals surface area contributed by atoms with E-state index in [1.165, 1.54) is 11.3 Å². The van der Waals surface area contributed by atoms with Crippen LogP contribution in [0.5, 0.6) is 0 Å². The molecule has 0 atom stereocenters. The van der Waals surface area contributed by atoms with Crippen molar-refractivity contribution in [3.63, 3.8) is 0 Å². The van der Waals surface area contributed by atoms with E-state index in [-0.39, 0.29) is 12.5 Å². The Bertz CT molecular complexity index is 1310. The van der Waals surface area contributed by atoms with E-state index in [2.05, 4.69) is 15.3 Å². The largest absolute Gasteiger partial charge is 0.300 e. The van der Waals surface area contributed by atoms with Gasteiger partial charge < -0.3 is 0 Å². The molecule has 3 heterocycles. The molecule has 0 saturated heterocycles. The molecule has 0 bridgehead atoms. The number of aromatic nitrogens is 4. The summed E-state index contributed by atoms with van der Waals surface area (Å²) in [5.74, 6) is 0.545. The number of carbonyl (C=O) groups is 1. The number of para-hydroxylation sites is 1. The molecule has 0 aliphatic rings. The fourth-order valence-corrected chi connectivity index (χ4v) is 4.12. The molecule has 0 N–H and O–H groups in total. The lowest BCUT2D eigenvalue weighted by molar-refractivity contribution is 0.0988. The monoisotopic (exact) mass is 399 g/mol. The summed E-state index contributed by atoms with van der Waals surface area (Å²) in [5.41, 5.74) is 2.39. The standard InChI is InChI=1S/C22H17N5OS/c1-15-17-10-5-6-11-18(17)21-24-23-20(27(21)25-15)14-26(16-8-3-2-4-9-16)22(28)19-12-7-13-29-19/h2-13H,14H2,1H3. The lowest BCUT2D eigenvalue weighted by Gasteiger charge is -2.21. The van der Waals surface area contributed by atoms with E-state index < -0.39 is 0 Å². The second kappa shape index (κ2) is 7.10. The summed E-state index contributed by atoms with van der Waals surface area (Å²) in [6.45, 7) is 2.24.